The zero-order valence-electron chi connectivity index (χ0n) is 14.2. The molecule has 2 aliphatic heterocycles. The van der Waals surface area contributed by atoms with Gasteiger partial charge in [0.15, 0.2) is 0 Å². The van der Waals surface area contributed by atoms with Crippen LogP contribution in [0.3, 0.4) is 0 Å². The van der Waals surface area contributed by atoms with E-state index in [0.717, 1.165) is 0 Å². The smallest absolute Gasteiger partial charge is 0.315 e. The van der Waals surface area contributed by atoms with Gasteiger partial charge in [0.2, 0.25) is 11.8 Å². The van der Waals surface area contributed by atoms with Gasteiger partial charge >= 0.3 is 6.03 Å². The number of carbonyl (C=O) groups is 3. The van der Waals surface area contributed by atoms with E-state index in [1.165, 1.54) is 24.0 Å². The van der Waals surface area contributed by atoms with Gasteiger partial charge in [-0.25, -0.2) is 9.18 Å². The van der Waals surface area contributed by atoms with Crippen molar-refractivity contribution in [3.8, 4) is 0 Å². The van der Waals surface area contributed by atoms with Gasteiger partial charge in [-0.1, -0.05) is 12.1 Å². The number of fused-ring (bicyclic) bond motifs is 1. The standard InChI is InChI=1S/C17H21FN4O4/c1-9(23)14-16(25)22-8-12(6-13(22)15(24)21-14)20-17(26)19-7-10-3-2-4-11(18)5-10/h2-5,9,12-14,23H,6-8H2,1H3,(H,21,24)(H2,19,20,26)/t9-,12+,13+,14+/m1/s1. The number of hydrogen-bond acceptors (Lipinski definition) is 4. The average Bonchev–Trinajstić information content (AvgIpc) is 3.01. The van der Waals surface area contributed by atoms with E-state index < -0.39 is 24.2 Å². The van der Waals surface area contributed by atoms with Crippen LogP contribution in [0.15, 0.2) is 24.3 Å². The van der Waals surface area contributed by atoms with Gasteiger partial charge in [-0.2, -0.15) is 0 Å². The second-order valence-corrected chi connectivity index (χ2v) is 6.62. The zero-order chi connectivity index (χ0) is 18.8. The maximum absolute atomic E-state index is 13.1. The van der Waals surface area contributed by atoms with E-state index in [4.69, 9.17) is 0 Å². The molecule has 0 saturated carbocycles. The van der Waals surface area contributed by atoms with Crippen LogP contribution in [-0.2, 0) is 16.1 Å². The summed E-state index contributed by atoms with van der Waals surface area (Å²) in [5.41, 5.74) is 0.623. The molecule has 2 fully saturated rings. The van der Waals surface area contributed by atoms with E-state index in [1.807, 2.05) is 0 Å². The first-order valence-corrected chi connectivity index (χ1v) is 8.43. The summed E-state index contributed by atoms with van der Waals surface area (Å²) in [6.45, 7) is 1.80. The largest absolute Gasteiger partial charge is 0.391 e. The molecule has 4 atom stereocenters. The summed E-state index contributed by atoms with van der Waals surface area (Å²) >= 11 is 0. The number of piperazine rings is 1. The minimum absolute atomic E-state index is 0.160. The van der Waals surface area contributed by atoms with Crippen LogP contribution in [0.1, 0.15) is 18.9 Å². The summed E-state index contributed by atoms with van der Waals surface area (Å²) in [5, 5.41) is 17.5. The molecule has 3 rings (SSSR count). The van der Waals surface area contributed by atoms with Crippen LogP contribution in [0, 0.1) is 5.82 Å². The number of aliphatic hydroxyl groups excluding tert-OH is 1. The lowest BCUT2D eigenvalue weighted by Crippen LogP contribution is -2.64. The summed E-state index contributed by atoms with van der Waals surface area (Å²) in [6, 6.07) is 3.45. The Morgan fingerprint density at radius 2 is 2.23 bits per heavy atom. The van der Waals surface area contributed by atoms with Crippen LogP contribution in [-0.4, -0.2) is 58.6 Å². The molecular formula is C17H21FN4O4. The summed E-state index contributed by atoms with van der Waals surface area (Å²) < 4.78 is 13.1. The molecule has 4 N–H and O–H groups in total. The number of halogens is 1. The van der Waals surface area contributed by atoms with Gasteiger partial charge < -0.3 is 26.0 Å². The predicted molar refractivity (Wildman–Crippen MR) is 89.3 cm³/mol. The Morgan fingerprint density at radius 3 is 2.92 bits per heavy atom. The SMILES string of the molecule is C[C@@H](O)[C@@H]1NC(=O)[C@@H]2C[C@H](NC(=O)NCc3cccc(F)c3)CN2C1=O. The highest BCUT2D eigenvalue weighted by atomic mass is 19.1. The van der Waals surface area contributed by atoms with Gasteiger partial charge in [0.25, 0.3) is 0 Å². The molecule has 2 heterocycles. The number of rotatable bonds is 4. The fourth-order valence-electron chi connectivity index (χ4n) is 3.32. The van der Waals surface area contributed by atoms with Crippen molar-refractivity contribution in [1.82, 2.24) is 20.9 Å². The minimum atomic E-state index is -0.992. The number of urea groups is 1. The Balaban J connectivity index is 1.54. The third-order valence-electron chi connectivity index (χ3n) is 4.61. The van der Waals surface area contributed by atoms with Gasteiger partial charge in [-0.3, -0.25) is 9.59 Å². The normalized spacial score (nSPS) is 26.1. The molecule has 26 heavy (non-hydrogen) atoms. The van der Waals surface area contributed by atoms with Crippen molar-refractivity contribution in [2.45, 2.75) is 44.1 Å². The lowest BCUT2D eigenvalue weighted by atomic mass is 10.0. The number of nitrogens with one attached hydrogen (secondary N) is 3. The van der Waals surface area contributed by atoms with E-state index in [-0.39, 0.29) is 36.8 Å². The summed E-state index contributed by atoms with van der Waals surface area (Å²) in [6.07, 6.45) is -0.689. The molecule has 1 aromatic rings. The monoisotopic (exact) mass is 364 g/mol. The van der Waals surface area contributed by atoms with E-state index in [2.05, 4.69) is 16.0 Å². The van der Waals surface area contributed by atoms with Gasteiger partial charge in [0.05, 0.1) is 12.1 Å². The first kappa shape index (κ1) is 18.1. The summed E-state index contributed by atoms with van der Waals surface area (Å²) in [5.74, 6) is -1.07. The van der Waals surface area contributed by atoms with Crippen molar-refractivity contribution in [2.75, 3.05) is 6.54 Å². The Labute approximate surface area is 149 Å². The number of hydrogen-bond donors (Lipinski definition) is 4. The van der Waals surface area contributed by atoms with Crippen LogP contribution in [0.4, 0.5) is 9.18 Å². The Kier molecular flexibility index (Phi) is 5.08. The molecule has 0 radical (unpaired) electrons. The Hall–Kier alpha value is -2.68. The average molecular weight is 364 g/mol. The first-order valence-electron chi connectivity index (χ1n) is 8.43. The zero-order valence-corrected chi connectivity index (χ0v) is 14.2. The minimum Gasteiger partial charge on any atom is -0.391 e. The number of aliphatic hydroxyl groups is 1. The van der Waals surface area contributed by atoms with E-state index in [9.17, 15) is 23.9 Å². The van der Waals surface area contributed by atoms with Crippen LogP contribution in [0.25, 0.3) is 0 Å². The van der Waals surface area contributed by atoms with Crippen molar-refractivity contribution in [3.05, 3.63) is 35.6 Å². The van der Waals surface area contributed by atoms with Crippen molar-refractivity contribution < 1.29 is 23.9 Å². The maximum atomic E-state index is 13.1. The molecule has 2 saturated heterocycles. The molecule has 0 aromatic heterocycles. The third kappa shape index (κ3) is 3.77. The van der Waals surface area contributed by atoms with Crippen molar-refractivity contribution in [2.24, 2.45) is 0 Å². The molecule has 2 aliphatic rings. The van der Waals surface area contributed by atoms with Crippen molar-refractivity contribution >= 4 is 17.8 Å². The van der Waals surface area contributed by atoms with Crippen LogP contribution < -0.4 is 16.0 Å². The lowest BCUT2D eigenvalue weighted by Gasteiger charge is -2.35. The molecule has 1 aromatic carbocycles. The molecule has 0 unspecified atom stereocenters. The molecule has 0 bridgehead atoms. The maximum Gasteiger partial charge on any atom is 0.315 e. The topological polar surface area (TPSA) is 111 Å². The van der Waals surface area contributed by atoms with E-state index >= 15 is 0 Å². The second kappa shape index (κ2) is 7.28. The molecule has 9 heteroatoms. The molecule has 0 spiro atoms. The van der Waals surface area contributed by atoms with Gasteiger partial charge in [0.1, 0.15) is 17.9 Å². The second-order valence-electron chi connectivity index (χ2n) is 6.62. The lowest BCUT2D eigenvalue weighted by molar-refractivity contribution is -0.149. The molecule has 140 valence electrons. The highest BCUT2D eigenvalue weighted by molar-refractivity contribution is 5.98. The van der Waals surface area contributed by atoms with E-state index in [0.29, 0.717) is 12.0 Å². The predicted octanol–water partition coefficient (Wildman–Crippen LogP) is -0.526. The number of benzene rings is 1. The third-order valence-corrected chi connectivity index (χ3v) is 4.61. The summed E-state index contributed by atoms with van der Waals surface area (Å²) in [7, 11) is 0. The Bertz CT molecular complexity index is 726. The Morgan fingerprint density at radius 1 is 1.46 bits per heavy atom. The number of nitrogens with zero attached hydrogens (tertiary/aromatic N) is 1. The number of amides is 4. The van der Waals surface area contributed by atoms with Crippen molar-refractivity contribution in [3.63, 3.8) is 0 Å². The van der Waals surface area contributed by atoms with Gasteiger partial charge in [-0.15, -0.1) is 0 Å². The highest BCUT2D eigenvalue weighted by Crippen LogP contribution is 2.23. The first-order chi connectivity index (χ1) is 12.3. The summed E-state index contributed by atoms with van der Waals surface area (Å²) in [4.78, 5) is 37.9. The van der Waals surface area contributed by atoms with Gasteiger partial charge in [0, 0.05) is 13.1 Å². The molecule has 8 nitrogen and oxygen atoms in total. The fraction of sp³-hybridized carbons (Fsp3) is 0.471. The van der Waals surface area contributed by atoms with Gasteiger partial charge in [-0.05, 0) is 31.0 Å². The van der Waals surface area contributed by atoms with Crippen LogP contribution >= 0.6 is 0 Å². The molecular weight excluding hydrogens is 343 g/mol. The highest BCUT2D eigenvalue weighted by Gasteiger charge is 2.47. The number of carbonyl (C=O) groups excluding carboxylic acids is 3. The van der Waals surface area contributed by atoms with Crippen LogP contribution in [0.5, 0.6) is 0 Å². The molecule has 4 amide bonds. The van der Waals surface area contributed by atoms with Crippen LogP contribution in [0.2, 0.25) is 0 Å². The van der Waals surface area contributed by atoms with Crippen molar-refractivity contribution in [1.29, 1.82) is 0 Å². The van der Waals surface area contributed by atoms with E-state index in [1.54, 1.807) is 12.1 Å². The molecule has 0 aliphatic carbocycles. The fourth-order valence-corrected chi connectivity index (χ4v) is 3.32. The quantitative estimate of drug-likeness (QED) is 0.576.